The highest BCUT2D eigenvalue weighted by molar-refractivity contribution is 9.11. The highest BCUT2D eigenvalue weighted by Crippen LogP contribution is 2.33. The minimum Gasteiger partial charge on any atom is -0.361 e. The van der Waals surface area contributed by atoms with E-state index in [1.165, 1.54) is 16.5 Å². The van der Waals surface area contributed by atoms with Gasteiger partial charge < -0.3 is 9.88 Å². The van der Waals surface area contributed by atoms with E-state index < -0.39 is 0 Å². The van der Waals surface area contributed by atoms with Gasteiger partial charge in [-0.2, -0.15) is 0 Å². The van der Waals surface area contributed by atoms with E-state index >= 15 is 0 Å². The Balaban J connectivity index is 1.48. The molecule has 1 fully saturated rings. The van der Waals surface area contributed by atoms with E-state index in [4.69, 9.17) is 0 Å². The van der Waals surface area contributed by atoms with Crippen LogP contribution < -0.4 is 0 Å². The van der Waals surface area contributed by atoms with Crippen LogP contribution in [0, 0.1) is 0 Å². The molecule has 1 N–H and O–H groups in total. The number of amides is 1. The van der Waals surface area contributed by atoms with E-state index in [2.05, 4.69) is 51.4 Å². The molecule has 3 aromatic rings. The van der Waals surface area contributed by atoms with Crippen LogP contribution in [-0.4, -0.2) is 28.9 Å². The lowest BCUT2D eigenvalue weighted by Crippen LogP contribution is -2.37. The predicted octanol–water partition coefficient (Wildman–Crippen LogP) is 5.01. The summed E-state index contributed by atoms with van der Waals surface area (Å²) in [5.41, 5.74) is 3.39. The highest BCUT2D eigenvalue weighted by Gasteiger charge is 2.26. The zero-order valence-electron chi connectivity index (χ0n) is 12.6. The molecule has 0 aliphatic carbocycles. The molecule has 1 aromatic carbocycles. The van der Waals surface area contributed by atoms with Crippen LogP contribution in [0.3, 0.4) is 0 Å². The highest BCUT2D eigenvalue weighted by atomic mass is 79.9. The van der Waals surface area contributed by atoms with Gasteiger partial charge in [-0.3, -0.25) is 4.79 Å². The largest absolute Gasteiger partial charge is 0.361 e. The number of rotatable bonds is 2. The third kappa shape index (κ3) is 2.83. The third-order valence-electron chi connectivity index (χ3n) is 4.66. The molecule has 2 aromatic heterocycles. The lowest BCUT2D eigenvalue weighted by atomic mass is 9.89. The number of benzene rings is 1. The van der Waals surface area contributed by atoms with Gasteiger partial charge in [0.1, 0.15) is 0 Å². The summed E-state index contributed by atoms with van der Waals surface area (Å²) in [5.74, 6) is 0.689. The van der Waals surface area contributed by atoms with Crippen molar-refractivity contribution in [3.8, 4) is 0 Å². The summed E-state index contributed by atoms with van der Waals surface area (Å²) >= 11 is 4.99. The number of thiophene rings is 1. The van der Waals surface area contributed by atoms with Gasteiger partial charge in [-0.15, -0.1) is 11.3 Å². The Hall–Kier alpha value is -1.59. The van der Waals surface area contributed by atoms with Crippen molar-refractivity contribution in [2.24, 2.45) is 0 Å². The molecular weight excluding hydrogens is 372 g/mol. The Morgan fingerprint density at radius 1 is 1.26 bits per heavy atom. The summed E-state index contributed by atoms with van der Waals surface area (Å²) in [6, 6.07) is 10.4. The number of para-hydroxylation sites is 1. The van der Waals surface area contributed by atoms with Crippen molar-refractivity contribution < 1.29 is 4.79 Å². The number of halogens is 1. The standard InChI is InChI=1S/C18H17BrN2OS/c19-17-9-13(11-23-17)18(22)21-7-5-12(6-8-21)15-10-20-16-4-2-1-3-14(15)16/h1-4,9-12,20H,5-8H2. The molecule has 0 bridgehead atoms. The molecular formula is C18H17BrN2OS. The normalized spacial score (nSPS) is 16.1. The van der Waals surface area contributed by atoms with Crippen molar-refractivity contribution in [2.75, 3.05) is 13.1 Å². The number of likely N-dealkylation sites (tertiary alicyclic amines) is 1. The molecule has 1 aliphatic rings. The van der Waals surface area contributed by atoms with E-state index in [0.717, 1.165) is 35.3 Å². The lowest BCUT2D eigenvalue weighted by molar-refractivity contribution is 0.0714. The number of aromatic nitrogens is 1. The van der Waals surface area contributed by atoms with Gasteiger partial charge in [0.15, 0.2) is 0 Å². The zero-order valence-corrected chi connectivity index (χ0v) is 15.0. The minimum atomic E-state index is 0.157. The van der Waals surface area contributed by atoms with Crippen LogP contribution in [0.2, 0.25) is 0 Å². The van der Waals surface area contributed by atoms with E-state index in [9.17, 15) is 4.79 Å². The molecule has 0 radical (unpaired) electrons. The fourth-order valence-electron chi connectivity index (χ4n) is 3.43. The first-order chi connectivity index (χ1) is 11.2. The molecule has 0 unspecified atom stereocenters. The zero-order chi connectivity index (χ0) is 15.8. The molecule has 118 valence electrons. The van der Waals surface area contributed by atoms with Gasteiger partial charge in [0.25, 0.3) is 5.91 Å². The molecule has 1 amide bonds. The third-order valence-corrected chi connectivity index (χ3v) is 6.16. The Kier molecular flexibility index (Phi) is 3.99. The van der Waals surface area contributed by atoms with Gasteiger partial charge in [0.05, 0.1) is 9.35 Å². The quantitative estimate of drug-likeness (QED) is 0.657. The summed E-state index contributed by atoms with van der Waals surface area (Å²) in [4.78, 5) is 17.9. The lowest BCUT2D eigenvalue weighted by Gasteiger charge is -2.31. The van der Waals surface area contributed by atoms with Crippen LogP contribution in [0.5, 0.6) is 0 Å². The van der Waals surface area contributed by atoms with Crippen LogP contribution >= 0.6 is 27.3 Å². The predicted molar refractivity (Wildman–Crippen MR) is 98.2 cm³/mol. The van der Waals surface area contributed by atoms with Gasteiger partial charge in [-0.1, -0.05) is 18.2 Å². The second kappa shape index (κ2) is 6.13. The fourth-order valence-corrected chi connectivity index (χ4v) is 4.56. The van der Waals surface area contributed by atoms with Crippen LogP contribution in [0.4, 0.5) is 0 Å². The maximum atomic E-state index is 12.5. The Morgan fingerprint density at radius 2 is 2.04 bits per heavy atom. The molecule has 0 atom stereocenters. The van der Waals surface area contributed by atoms with E-state index in [-0.39, 0.29) is 5.91 Å². The van der Waals surface area contributed by atoms with E-state index in [1.54, 1.807) is 11.3 Å². The summed E-state index contributed by atoms with van der Waals surface area (Å²) in [6.45, 7) is 1.66. The average Bonchev–Trinajstić information content (AvgIpc) is 3.21. The smallest absolute Gasteiger partial charge is 0.254 e. The molecule has 3 nitrogen and oxygen atoms in total. The fraction of sp³-hybridized carbons (Fsp3) is 0.278. The average molecular weight is 389 g/mol. The SMILES string of the molecule is O=C(c1csc(Br)c1)N1CCC(c2c[nH]c3ccccc23)CC1. The summed E-state index contributed by atoms with van der Waals surface area (Å²) in [7, 11) is 0. The van der Waals surface area contributed by atoms with Gasteiger partial charge in [0.2, 0.25) is 0 Å². The first-order valence-electron chi connectivity index (χ1n) is 7.81. The van der Waals surface area contributed by atoms with Crippen molar-refractivity contribution in [3.05, 3.63) is 56.8 Å². The molecule has 4 rings (SSSR count). The van der Waals surface area contributed by atoms with Gasteiger partial charge in [-0.05, 0) is 52.4 Å². The Morgan fingerprint density at radius 3 is 2.78 bits per heavy atom. The number of H-pyrrole nitrogens is 1. The molecule has 23 heavy (non-hydrogen) atoms. The molecule has 3 heterocycles. The van der Waals surface area contributed by atoms with Crippen LogP contribution in [0.1, 0.15) is 34.7 Å². The van der Waals surface area contributed by atoms with Crippen molar-refractivity contribution >= 4 is 44.1 Å². The van der Waals surface area contributed by atoms with Gasteiger partial charge in [-0.25, -0.2) is 0 Å². The van der Waals surface area contributed by atoms with Crippen LogP contribution in [0.25, 0.3) is 10.9 Å². The van der Waals surface area contributed by atoms with Gasteiger partial charge >= 0.3 is 0 Å². The van der Waals surface area contributed by atoms with Crippen molar-refractivity contribution in [3.63, 3.8) is 0 Å². The molecule has 0 spiro atoms. The Bertz CT molecular complexity index is 845. The van der Waals surface area contributed by atoms with Crippen molar-refractivity contribution in [2.45, 2.75) is 18.8 Å². The molecule has 1 aliphatic heterocycles. The number of hydrogen-bond acceptors (Lipinski definition) is 2. The number of nitrogens with one attached hydrogen (secondary N) is 1. The summed E-state index contributed by atoms with van der Waals surface area (Å²) in [6.07, 6.45) is 4.20. The van der Waals surface area contributed by atoms with Gasteiger partial charge in [0, 0.05) is 35.6 Å². The monoisotopic (exact) mass is 388 g/mol. The maximum Gasteiger partial charge on any atom is 0.254 e. The maximum absolute atomic E-state index is 12.5. The second-order valence-electron chi connectivity index (χ2n) is 6.00. The Labute approximate surface area is 147 Å². The van der Waals surface area contributed by atoms with E-state index in [0.29, 0.717) is 5.92 Å². The number of carbonyl (C=O) groups is 1. The summed E-state index contributed by atoms with van der Waals surface area (Å²) in [5, 5.41) is 3.25. The van der Waals surface area contributed by atoms with Crippen molar-refractivity contribution in [1.82, 2.24) is 9.88 Å². The number of nitrogens with zero attached hydrogens (tertiary/aromatic N) is 1. The molecule has 5 heteroatoms. The number of piperidine rings is 1. The number of hydrogen-bond donors (Lipinski definition) is 1. The minimum absolute atomic E-state index is 0.157. The van der Waals surface area contributed by atoms with Crippen LogP contribution in [-0.2, 0) is 0 Å². The van der Waals surface area contributed by atoms with Crippen molar-refractivity contribution in [1.29, 1.82) is 0 Å². The topological polar surface area (TPSA) is 36.1 Å². The van der Waals surface area contributed by atoms with Crippen LogP contribution in [0.15, 0.2) is 45.7 Å². The molecule has 0 saturated carbocycles. The summed E-state index contributed by atoms with van der Waals surface area (Å²) < 4.78 is 1.01. The first kappa shape index (κ1) is 15.0. The first-order valence-corrected chi connectivity index (χ1v) is 9.49. The second-order valence-corrected chi connectivity index (χ2v) is 8.29. The number of carbonyl (C=O) groups excluding carboxylic acids is 1. The molecule has 1 saturated heterocycles. The number of fused-ring (bicyclic) bond motifs is 1. The number of aromatic amines is 1. The van der Waals surface area contributed by atoms with E-state index in [1.807, 2.05) is 16.3 Å².